The molecule has 0 saturated carbocycles. The molecule has 6 nitrogen and oxygen atoms in total. The number of methoxy groups -OCH3 is 1. The van der Waals surface area contributed by atoms with Gasteiger partial charge in [0.25, 0.3) is 0 Å². The fraction of sp³-hybridized carbons (Fsp3) is 0.105. The minimum absolute atomic E-state index is 0.250. The molecule has 1 N–H and O–H groups in total. The Hall–Kier alpha value is -2.56. The Bertz CT molecular complexity index is 954. The number of benzene rings is 2. The predicted molar refractivity (Wildman–Crippen MR) is 104 cm³/mol. The van der Waals surface area contributed by atoms with Gasteiger partial charge in [0.15, 0.2) is 0 Å². The number of anilines is 2. The number of ether oxygens (including phenoxy) is 2. The molecule has 8 heteroatoms. The molecule has 136 valence electrons. The van der Waals surface area contributed by atoms with Crippen LogP contribution in [0.25, 0.3) is 0 Å². The summed E-state index contributed by atoms with van der Waals surface area (Å²) < 4.78 is 11.0. The van der Waals surface area contributed by atoms with E-state index in [0.717, 1.165) is 5.56 Å². The van der Waals surface area contributed by atoms with Gasteiger partial charge in [0.1, 0.15) is 0 Å². The van der Waals surface area contributed by atoms with Crippen molar-refractivity contribution < 1.29 is 14.3 Å². The number of carbonyl (C=O) groups excluding carboxylic acids is 1. The molecule has 3 rings (SSSR count). The van der Waals surface area contributed by atoms with E-state index >= 15 is 0 Å². The van der Waals surface area contributed by atoms with Crippen LogP contribution in [0.4, 0.5) is 11.5 Å². The first-order valence-corrected chi connectivity index (χ1v) is 9.25. The standard InChI is InChI=1S/C19H15AsClN3O3/c1-26-19(25)16-17(20)22-11-23-18(16)24-13-7-8-15(14(21)9-13)27-10-12-5-3-2-4-6-12/h2-9,11H,10H2,1H3,(H,22,23,24). The van der Waals surface area contributed by atoms with Gasteiger partial charge in [-0.15, -0.1) is 0 Å². The first-order chi connectivity index (χ1) is 13.1. The number of carbonyl (C=O) groups is 1. The van der Waals surface area contributed by atoms with Crippen molar-refractivity contribution in [1.82, 2.24) is 9.97 Å². The molecule has 2 aromatic carbocycles. The second-order valence-electron chi connectivity index (χ2n) is 5.46. The molecule has 0 spiro atoms. The first-order valence-electron chi connectivity index (χ1n) is 7.94. The molecule has 0 aliphatic carbocycles. The van der Waals surface area contributed by atoms with Gasteiger partial charge in [-0.3, -0.25) is 0 Å². The number of rotatable bonds is 6. The average molecular weight is 444 g/mol. The van der Waals surface area contributed by atoms with Crippen LogP contribution in [0.1, 0.15) is 15.9 Å². The monoisotopic (exact) mass is 443 g/mol. The van der Waals surface area contributed by atoms with Crippen LogP contribution in [-0.4, -0.2) is 39.9 Å². The molecule has 27 heavy (non-hydrogen) atoms. The number of nitrogens with zero attached hydrogens (tertiary/aromatic N) is 2. The normalized spacial score (nSPS) is 10.3. The Morgan fingerprint density at radius 1 is 1.19 bits per heavy atom. The summed E-state index contributed by atoms with van der Waals surface area (Å²) >= 11 is 8.55. The van der Waals surface area contributed by atoms with Crippen molar-refractivity contribution >= 4 is 50.4 Å². The van der Waals surface area contributed by atoms with Crippen LogP contribution >= 0.6 is 11.6 Å². The zero-order valence-corrected chi connectivity index (χ0v) is 17.0. The van der Waals surface area contributed by atoms with Crippen LogP contribution in [0.5, 0.6) is 5.75 Å². The van der Waals surface area contributed by atoms with Gasteiger partial charge in [-0.2, -0.15) is 0 Å². The van der Waals surface area contributed by atoms with Gasteiger partial charge in [0.05, 0.1) is 0 Å². The van der Waals surface area contributed by atoms with Crippen LogP contribution in [0, 0.1) is 0 Å². The van der Waals surface area contributed by atoms with Crippen molar-refractivity contribution in [2.75, 3.05) is 12.4 Å². The summed E-state index contributed by atoms with van der Waals surface area (Å²) in [6.45, 7) is 0.419. The molecule has 0 atom stereocenters. The van der Waals surface area contributed by atoms with E-state index in [2.05, 4.69) is 32.1 Å². The van der Waals surface area contributed by atoms with Crippen molar-refractivity contribution in [3.05, 3.63) is 71.0 Å². The van der Waals surface area contributed by atoms with Crippen LogP contribution in [0.3, 0.4) is 0 Å². The number of hydrogen-bond donors (Lipinski definition) is 1. The Balaban J connectivity index is 1.77. The van der Waals surface area contributed by atoms with Crippen LogP contribution in [-0.2, 0) is 11.3 Å². The molecule has 2 radical (unpaired) electrons. The van der Waals surface area contributed by atoms with Gasteiger partial charge in [-0.05, 0) is 0 Å². The van der Waals surface area contributed by atoms with Gasteiger partial charge in [0.2, 0.25) is 0 Å². The Morgan fingerprint density at radius 3 is 2.67 bits per heavy atom. The van der Waals surface area contributed by atoms with Gasteiger partial charge in [-0.25, -0.2) is 0 Å². The van der Waals surface area contributed by atoms with Gasteiger partial charge in [-0.1, -0.05) is 18.2 Å². The quantitative estimate of drug-likeness (QED) is 0.466. The van der Waals surface area contributed by atoms with Gasteiger partial charge >= 0.3 is 152 Å². The fourth-order valence-electron chi connectivity index (χ4n) is 2.33. The number of halogens is 1. The van der Waals surface area contributed by atoms with Crippen molar-refractivity contribution in [2.24, 2.45) is 0 Å². The number of hydrogen-bond acceptors (Lipinski definition) is 6. The van der Waals surface area contributed by atoms with Crippen molar-refractivity contribution in [3.8, 4) is 5.75 Å². The summed E-state index contributed by atoms with van der Waals surface area (Å²) in [7, 11) is 1.31. The van der Waals surface area contributed by atoms with Crippen LogP contribution in [0.15, 0.2) is 54.9 Å². The molecule has 0 aliphatic rings. The molecule has 1 aromatic heterocycles. The molecule has 0 aliphatic heterocycles. The Morgan fingerprint density at radius 2 is 1.96 bits per heavy atom. The molecular weight excluding hydrogens is 429 g/mol. The predicted octanol–water partition coefficient (Wildman–Crippen LogP) is 3.03. The van der Waals surface area contributed by atoms with E-state index in [9.17, 15) is 4.79 Å². The fourth-order valence-corrected chi connectivity index (χ4v) is 3.09. The maximum atomic E-state index is 12.0. The van der Waals surface area contributed by atoms with Crippen LogP contribution < -0.4 is 14.5 Å². The van der Waals surface area contributed by atoms with Crippen molar-refractivity contribution in [1.29, 1.82) is 0 Å². The van der Waals surface area contributed by atoms with E-state index in [1.165, 1.54) is 13.4 Å². The van der Waals surface area contributed by atoms with E-state index in [1.54, 1.807) is 18.2 Å². The molecule has 0 saturated heterocycles. The molecule has 0 bridgehead atoms. The molecule has 0 fully saturated rings. The van der Waals surface area contributed by atoms with Crippen LogP contribution in [0.2, 0.25) is 5.02 Å². The number of nitrogens with one attached hydrogen (secondary N) is 1. The Kier molecular flexibility index (Phi) is 6.32. The third kappa shape index (κ3) is 4.79. The zero-order valence-electron chi connectivity index (χ0n) is 14.3. The maximum absolute atomic E-state index is 12.0. The number of esters is 1. The summed E-state index contributed by atoms with van der Waals surface area (Å²) in [5.74, 6) is 0.374. The SMILES string of the molecule is COC(=O)c1c([As])ncnc1Nc1ccc(OCc2ccccc2)c(Cl)c1. The molecule has 1 heterocycles. The molecular formula is C19H15AsClN3O3. The van der Waals surface area contributed by atoms with E-state index in [-0.39, 0.29) is 5.56 Å². The summed E-state index contributed by atoms with van der Waals surface area (Å²) in [5, 5.41) is 3.51. The summed E-state index contributed by atoms with van der Waals surface area (Å²) in [4.78, 5) is 20.1. The van der Waals surface area contributed by atoms with Crippen molar-refractivity contribution in [2.45, 2.75) is 6.61 Å². The van der Waals surface area contributed by atoms with Gasteiger partial charge < -0.3 is 0 Å². The third-order valence-corrected chi connectivity index (χ3v) is 4.66. The van der Waals surface area contributed by atoms with E-state index in [0.29, 0.717) is 33.4 Å². The van der Waals surface area contributed by atoms with Crippen molar-refractivity contribution in [3.63, 3.8) is 0 Å². The second-order valence-corrected chi connectivity index (χ2v) is 6.75. The first kappa shape index (κ1) is 19.2. The summed E-state index contributed by atoms with van der Waals surface area (Å²) in [5.41, 5.74) is 1.96. The zero-order chi connectivity index (χ0) is 19.2. The Labute approximate surface area is 170 Å². The average Bonchev–Trinajstić information content (AvgIpc) is 2.68. The second kappa shape index (κ2) is 8.89. The van der Waals surface area contributed by atoms with Gasteiger partial charge in [0, 0.05) is 0 Å². The topological polar surface area (TPSA) is 73.3 Å². The number of aromatic nitrogens is 2. The molecule has 0 unspecified atom stereocenters. The van der Waals surface area contributed by atoms with E-state index in [1.807, 2.05) is 30.3 Å². The molecule has 3 aromatic rings. The molecule has 0 amide bonds. The summed E-state index contributed by atoms with van der Waals surface area (Å²) in [6.07, 6.45) is 1.36. The van der Waals surface area contributed by atoms with E-state index in [4.69, 9.17) is 21.1 Å². The summed E-state index contributed by atoms with van der Waals surface area (Å²) in [6, 6.07) is 15.1. The third-order valence-electron chi connectivity index (χ3n) is 3.65. The minimum atomic E-state index is -0.525. The van der Waals surface area contributed by atoms with E-state index < -0.39 is 5.97 Å².